The predicted molar refractivity (Wildman–Crippen MR) is 60.1 cm³/mol. The van der Waals surface area contributed by atoms with Crippen LogP contribution in [0.25, 0.3) is 0 Å². The molecular weight excluding hydrogens is 188 g/mol. The number of quaternary nitrogens is 1. The maximum Gasteiger partial charge on any atom is 0.0786 e. The molecule has 0 bridgehead atoms. The number of hydrogen-bond donors (Lipinski definition) is 1. The van der Waals surface area contributed by atoms with E-state index in [0.717, 1.165) is 0 Å². The smallest absolute Gasteiger partial charge is 0.0786 e. The van der Waals surface area contributed by atoms with Gasteiger partial charge in [0.1, 0.15) is 0 Å². The standard InChI is InChI=1S/C9H20N.C2H2N3/c1-3-4-7-10(2)8-5-6-9-10;1-3-2-5-4-1/h3-9H2,1-2H3;1H,(H,3,4,5)/q+1;-1. The number of aromatic amines is 1. The van der Waals surface area contributed by atoms with Gasteiger partial charge in [0.25, 0.3) is 0 Å². The zero-order valence-electron chi connectivity index (χ0n) is 9.87. The lowest BCUT2D eigenvalue weighted by Gasteiger charge is -2.28. The average molecular weight is 210 g/mol. The Bertz CT molecular complexity index is 210. The van der Waals surface area contributed by atoms with E-state index in [2.05, 4.69) is 35.5 Å². The number of aromatic nitrogens is 3. The molecule has 1 fully saturated rings. The van der Waals surface area contributed by atoms with Crippen molar-refractivity contribution in [1.82, 2.24) is 15.2 Å². The fourth-order valence-corrected chi connectivity index (χ4v) is 2.01. The van der Waals surface area contributed by atoms with Crippen molar-refractivity contribution in [2.75, 3.05) is 26.7 Å². The van der Waals surface area contributed by atoms with Crippen LogP contribution in [0.5, 0.6) is 0 Å². The zero-order valence-corrected chi connectivity index (χ0v) is 9.87. The maximum atomic E-state index is 3.43. The summed E-state index contributed by atoms with van der Waals surface area (Å²) in [5.41, 5.74) is 0. The molecule has 4 heteroatoms. The third-order valence-corrected chi connectivity index (χ3v) is 2.99. The number of H-pyrrole nitrogens is 1. The Morgan fingerprint density at radius 2 is 2.13 bits per heavy atom. The third-order valence-electron chi connectivity index (χ3n) is 2.99. The topological polar surface area (TPSA) is 41.6 Å². The average Bonchev–Trinajstić information content (AvgIpc) is 2.89. The molecule has 1 aliphatic heterocycles. The second-order valence-electron chi connectivity index (χ2n) is 4.45. The molecule has 1 aromatic heterocycles. The zero-order chi connectivity index (χ0) is 11.0. The molecule has 1 saturated heterocycles. The summed E-state index contributed by atoms with van der Waals surface area (Å²) in [5, 5.41) is 5.81. The summed E-state index contributed by atoms with van der Waals surface area (Å²) >= 11 is 0. The summed E-state index contributed by atoms with van der Waals surface area (Å²) in [7, 11) is 2.41. The highest BCUT2D eigenvalue weighted by Gasteiger charge is 2.25. The van der Waals surface area contributed by atoms with Crippen LogP contribution in [0.3, 0.4) is 0 Å². The fraction of sp³-hybridized carbons (Fsp3) is 0.818. The number of nitrogens with zero attached hydrogens (tertiary/aromatic N) is 3. The van der Waals surface area contributed by atoms with E-state index in [1.54, 1.807) is 0 Å². The van der Waals surface area contributed by atoms with Crippen LogP contribution in [-0.2, 0) is 0 Å². The Labute approximate surface area is 92.3 Å². The lowest BCUT2D eigenvalue weighted by atomic mass is 10.3. The molecule has 1 aromatic rings. The van der Waals surface area contributed by atoms with Crippen LogP contribution >= 0.6 is 0 Å². The molecule has 15 heavy (non-hydrogen) atoms. The summed E-state index contributed by atoms with van der Waals surface area (Å²) in [6, 6.07) is 0. The lowest BCUT2D eigenvalue weighted by molar-refractivity contribution is -0.897. The van der Waals surface area contributed by atoms with Gasteiger partial charge in [0, 0.05) is 12.8 Å². The molecule has 0 aromatic carbocycles. The van der Waals surface area contributed by atoms with Crippen molar-refractivity contribution in [2.24, 2.45) is 0 Å². The summed E-state index contributed by atoms with van der Waals surface area (Å²) in [6.07, 6.45) is 9.45. The van der Waals surface area contributed by atoms with E-state index in [1.807, 2.05) is 0 Å². The van der Waals surface area contributed by atoms with Gasteiger partial charge >= 0.3 is 0 Å². The van der Waals surface area contributed by atoms with E-state index >= 15 is 0 Å². The highest BCUT2D eigenvalue weighted by Crippen LogP contribution is 2.16. The molecule has 0 spiro atoms. The van der Waals surface area contributed by atoms with Gasteiger partial charge in [0.05, 0.1) is 26.7 Å². The van der Waals surface area contributed by atoms with Crippen molar-refractivity contribution in [2.45, 2.75) is 32.6 Å². The number of unbranched alkanes of at least 4 members (excludes halogenated alkanes) is 1. The monoisotopic (exact) mass is 210 g/mol. The quantitative estimate of drug-likeness (QED) is 0.608. The molecule has 86 valence electrons. The van der Waals surface area contributed by atoms with Gasteiger partial charge in [-0.2, -0.15) is 0 Å². The van der Waals surface area contributed by atoms with E-state index in [9.17, 15) is 0 Å². The van der Waals surface area contributed by atoms with Crippen molar-refractivity contribution in [1.29, 1.82) is 0 Å². The van der Waals surface area contributed by atoms with Crippen molar-refractivity contribution >= 4 is 0 Å². The first kappa shape index (κ1) is 12.2. The van der Waals surface area contributed by atoms with Crippen molar-refractivity contribution in [3.63, 3.8) is 0 Å². The van der Waals surface area contributed by atoms with Crippen LogP contribution in [0.15, 0.2) is 6.33 Å². The van der Waals surface area contributed by atoms with E-state index in [-0.39, 0.29) is 0 Å². The number of rotatable bonds is 3. The van der Waals surface area contributed by atoms with Gasteiger partial charge in [-0.1, -0.05) is 13.3 Å². The first-order chi connectivity index (χ1) is 7.27. The van der Waals surface area contributed by atoms with Gasteiger partial charge in [-0.25, -0.2) is 0 Å². The molecule has 0 saturated carbocycles. The molecule has 1 N–H and O–H groups in total. The molecule has 0 unspecified atom stereocenters. The SMILES string of the molecule is CCCC[N+]1(C)CCCC1.[c-]1nc[nH]n1. The normalized spacial score (nSPS) is 18.3. The van der Waals surface area contributed by atoms with Crippen LogP contribution in [0.1, 0.15) is 32.6 Å². The molecule has 2 heterocycles. The molecule has 2 rings (SSSR count). The molecule has 0 radical (unpaired) electrons. The molecule has 0 amide bonds. The van der Waals surface area contributed by atoms with Gasteiger partial charge in [-0.15, -0.1) is 0 Å². The first-order valence-corrected chi connectivity index (χ1v) is 5.82. The van der Waals surface area contributed by atoms with Crippen molar-refractivity contribution in [3.8, 4) is 0 Å². The Hall–Kier alpha value is -0.900. The van der Waals surface area contributed by atoms with Crippen LogP contribution < -0.4 is 0 Å². The molecule has 0 atom stereocenters. The number of nitrogens with one attached hydrogen (secondary N) is 1. The first-order valence-electron chi connectivity index (χ1n) is 5.82. The molecule has 0 aliphatic carbocycles. The Kier molecular flexibility index (Phi) is 5.32. The van der Waals surface area contributed by atoms with E-state index in [1.165, 1.54) is 56.1 Å². The van der Waals surface area contributed by atoms with Crippen LogP contribution in [0.2, 0.25) is 0 Å². The van der Waals surface area contributed by atoms with Crippen LogP contribution in [0.4, 0.5) is 0 Å². The minimum absolute atomic E-state index is 1.36. The highest BCUT2D eigenvalue weighted by atomic mass is 15.3. The summed E-state index contributed by atoms with van der Waals surface area (Å²) in [6.45, 7) is 6.55. The Balaban J connectivity index is 0.000000187. The minimum atomic E-state index is 1.36. The molecule has 4 nitrogen and oxygen atoms in total. The minimum Gasteiger partial charge on any atom is -0.421 e. The third kappa shape index (κ3) is 4.93. The van der Waals surface area contributed by atoms with Gasteiger partial charge in [0.2, 0.25) is 0 Å². The highest BCUT2D eigenvalue weighted by molar-refractivity contribution is 4.51. The second kappa shape index (κ2) is 6.56. The number of likely N-dealkylation sites (tertiary alicyclic amines) is 1. The second-order valence-corrected chi connectivity index (χ2v) is 4.45. The van der Waals surface area contributed by atoms with Crippen LogP contribution in [0, 0.1) is 6.33 Å². The molecular formula is C11H22N4. The lowest BCUT2D eigenvalue weighted by Crippen LogP contribution is -2.41. The summed E-state index contributed by atoms with van der Waals surface area (Å²) < 4.78 is 1.36. The fourth-order valence-electron chi connectivity index (χ4n) is 2.01. The predicted octanol–water partition coefficient (Wildman–Crippen LogP) is 1.63. The van der Waals surface area contributed by atoms with Gasteiger partial charge in [0.15, 0.2) is 0 Å². The number of hydrogen-bond acceptors (Lipinski definition) is 2. The largest absolute Gasteiger partial charge is 0.421 e. The van der Waals surface area contributed by atoms with Gasteiger partial charge in [-0.3, -0.25) is 5.10 Å². The Morgan fingerprint density at radius 3 is 2.53 bits per heavy atom. The van der Waals surface area contributed by atoms with Gasteiger partial charge in [-0.05, 0) is 19.1 Å². The maximum absolute atomic E-state index is 3.43. The summed E-state index contributed by atoms with van der Waals surface area (Å²) in [4.78, 5) is 3.43. The van der Waals surface area contributed by atoms with Crippen molar-refractivity contribution < 1.29 is 4.48 Å². The van der Waals surface area contributed by atoms with Crippen LogP contribution in [-0.4, -0.2) is 46.3 Å². The van der Waals surface area contributed by atoms with E-state index in [0.29, 0.717) is 0 Å². The molecule has 1 aliphatic rings. The Morgan fingerprint density at radius 1 is 1.40 bits per heavy atom. The summed E-state index contributed by atoms with van der Waals surface area (Å²) in [5.74, 6) is 0. The van der Waals surface area contributed by atoms with Crippen molar-refractivity contribution in [3.05, 3.63) is 12.7 Å². The van der Waals surface area contributed by atoms with E-state index < -0.39 is 0 Å². The van der Waals surface area contributed by atoms with Gasteiger partial charge < -0.3 is 14.6 Å². The van der Waals surface area contributed by atoms with E-state index in [4.69, 9.17) is 0 Å².